The summed E-state index contributed by atoms with van der Waals surface area (Å²) in [5.74, 6) is 2.08. The standard InChI is InChI=1S/C21H21BrFNO2S2/c22-15-3-8-19-18(13-15)21(9-11-27-12-10-21)20(14-1-2-14)24(19)28(25,26)17-6-4-16(23)5-7-17/h3-8,13-14,20H,1-2,9-12H2. The average Bonchev–Trinajstić information content (AvgIpc) is 3.48. The van der Waals surface area contributed by atoms with Crippen LogP contribution in [-0.2, 0) is 15.4 Å². The second kappa shape index (κ2) is 6.74. The molecule has 1 saturated carbocycles. The minimum Gasteiger partial charge on any atom is -0.262 e. The van der Waals surface area contributed by atoms with Crippen molar-refractivity contribution in [2.75, 3.05) is 15.8 Å². The smallest absolute Gasteiger partial charge is 0.262 e. The largest absolute Gasteiger partial charge is 0.264 e. The number of hydrogen-bond donors (Lipinski definition) is 0. The Kier molecular flexibility index (Phi) is 4.56. The molecular formula is C21H21BrFNO2S2. The van der Waals surface area contributed by atoms with Gasteiger partial charge in [-0.05, 0) is 91.1 Å². The summed E-state index contributed by atoms with van der Waals surface area (Å²) in [6, 6.07) is 11.2. The predicted molar refractivity (Wildman–Crippen MR) is 115 cm³/mol. The number of fused-ring (bicyclic) bond motifs is 2. The zero-order valence-electron chi connectivity index (χ0n) is 15.3. The van der Waals surface area contributed by atoms with Gasteiger partial charge >= 0.3 is 0 Å². The van der Waals surface area contributed by atoms with E-state index in [1.54, 1.807) is 4.31 Å². The molecule has 0 bridgehead atoms. The lowest BCUT2D eigenvalue weighted by Gasteiger charge is -2.41. The summed E-state index contributed by atoms with van der Waals surface area (Å²) < 4.78 is 43.6. The van der Waals surface area contributed by atoms with Crippen LogP contribution >= 0.6 is 27.7 Å². The SMILES string of the molecule is O=S(=O)(c1ccc(F)cc1)N1c2ccc(Br)cc2C2(CCSCC2)C1C1CC1. The molecule has 1 aliphatic carbocycles. The molecule has 1 spiro atoms. The van der Waals surface area contributed by atoms with Crippen LogP contribution in [0.5, 0.6) is 0 Å². The van der Waals surface area contributed by atoms with E-state index in [0.29, 0.717) is 5.92 Å². The van der Waals surface area contributed by atoms with Crippen molar-refractivity contribution in [3.05, 3.63) is 58.3 Å². The van der Waals surface area contributed by atoms with Gasteiger partial charge in [-0.15, -0.1) is 0 Å². The molecule has 3 nitrogen and oxygen atoms in total. The van der Waals surface area contributed by atoms with E-state index < -0.39 is 15.8 Å². The molecule has 2 aromatic rings. The summed E-state index contributed by atoms with van der Waals surface area (Å²) in [5, 5.41) is 0. The van der Waals surface area contributed by atoms with E-state index in [-0.39, 0.29) is 16.4 Å². The van der Waals surface area contributed by atoms with Crippen molar-refractivity contribution in [1.82, 2.24) is 0 Å². The monoisotopic (exact) mass is 481 g/mol. The maximum Gasteiger partial charge on any atom is 0.264 e. The van der Waals surface area contributed by atoms with Gasteiger partial charge in [0.15, 0.2) is 0 Å². The molecule has 1 atom stereocenters. The van der Waals surface area contributed by atoms with Crippen molar-refractivity contribution < 1.29 is 12.8 Å². The summed E-state index contributed by atoms with van der Waals surface area (Å²) in [7, 11) is -3.77. The lowest BCUT2D eigenvalue weighted by atomic mass is 9.70. The van der Waals surface area contributed by atoms with Crippen LogP contribution in [0.4, 0.5) is 10.1 Å². The van der Waals surface area contributed by atoms with Gasteiger partial charge in [0.1, 0.15) is 5.82 Å². The van der Waals surface area contributed by atoms with Gasteiger partial charge in [-0.25, -0.2) is 12.8 Å². The summed E-state index contributed by atoms with van der Waals surface area (Å²) in [6.07, 6.45) is 4.14. The first-order valence-corrected chi connectivity index (χ1v) is 13.0. The molecule has 0 amide bonds. The summed E-state index contributed by atoms with van der Waals surface area (Å²) >= 11 is 5.55. The van der Waals surface area contributed by atoms with Gasteiger partial charge in [-0.2, -0.15) is 11.8 Å². The van der Waals surface area contributed by atoms with Gasteiger partial charge in [-0.3, -0.25) is 4.31 Å². The van der Waals surface area contributed by atoms with E-state index in [1.807, 2.05) is 23.9 Å². The first-order chi connectivity index (χ1) is 13.4. The first-order valence-electron chi connectivity index (χ1n) is 9.61. The van der Waals surface area contributed by atoms with Crippen LogP contribution in [0.15, 0.2) is 51.8 Å². The highest BCUT2D eigenvalue weighted by Crippen LogP contribution is 2.59. The Hall–Kier alpha value is -1.05. The highest BCUT2D eigenvalue weighted by molar-refractivity contribution is 9.10. The zero-order valence-corrected chi connectivity index (χ0v) is 18.5. The van der Waals surface area contributed by atoms with Gasteiger partial charge in [0.25, 0.3) is 10.0 Å². The molecule has 28 heavy (non-hydrogen) atoms. The van der Waals surface area contributed by atoms with Gasteiger partial charge in [0, 0.05) is 9.89 Å². The Morgan fingerprint density at radius 2 is 1.75 bits per heavy atom. The molecule has 0 radical (unpaired) electrons. The number of anilines is 1. The van der Waals surface area contributed by atoms with Gasteiger partial charge in [0.2, 0.25) is 0 Å². The van der Waals surface area contributed by atoms with Crippen LogP contribution in [0, 0.1) is 11.7 Å². The first kappa shape index (κ1) is 18.9. The number of halogens is 2. The lowest BCUT2D eigenvalue weighted by molar-refractivity contribution is 0.315. The topological polar surface area (TPSA) is 37.4 Å². The highest BCUT2D eigenvalue weighted by atomic mass is 79.9. The minimum absolute atomic E-state index is 0.0484. The summed E-state index contributed by atoms with van der Waals surface area (Å²) in [6.45, 7) is 0. The van der Waals surface area contributed by atoms with E-state index >= 15 is 0 Å². The number of sulfonamides is 1. The van der Waals surface area contributed by atoms with Crippen molar-refractivity contribution in [1.29, 1.82) is 0 Å². The molecule has 2 heterocycles. The molecule has 3 aliphatic rings. The molecule has 5 rings (SSSR count). The van der Waals surface area contributed by atoms with E-state index in [1.165, 1.54) is 24.3 Å². The van der Waals surface area contributed by atoms with Crippen LogP contribution in [0.25, 0.3) is 0 Å². The van der Waals surface area contributed by atoms with E-state index in [2.05, 4.69) is 22.0 Å². The Bertz CT molecular complexity index is 1020. The highest BCUT2D eigenvalue weighted by Gasteiger charge is 2.59. The van der Waals surface area contributed by atoms with Crippen LogP contribution in [0.1, 0.15) is 31.2 Å². The minimum atomic E-state index is -3.77. The molecule has 1 saturated heterocycles. The number of nitrogens with zero attached hydrogens (tertiary/aromatic N) is 1. The molecule has 2 fully saturated rings. The van der Waals surface area contributed by atoms with Crippen LogP contribution < -0.4 is 4.31 Å². The van der Waals surface area contributed by atoms with Crippen LogP contribution in [-0.4, -0.2) is 26.0 Å². The van der Waals surface area contributed by atoms with Crippen LogP contribution in [0.3, 0.4) is 0 Å². The van der Waals surface area contributed by atoms with Gasteiger partial charge < -0.3 is 0 Å². The van der Waals surface area contributed by atoms with Crippen molar-refractivity contribution in [2.24, 2.45) is 5.92 Å². The van der Waals surface area contributed by atoms with Crippen molar-refractivity contribution in [3.8, 4) is 0 Å². The Balaban J connectivity index is 1.72. The van der Waals surface area contributed by atoms with E-state index in [9.17, 15) is 12.8 Å². The Morgan fingerprint density at radius 3 is 2.39 bits per heavy atom. The maximum absolute atomic E-state index is 13.7. The third-order valence-corrected chi connectivity index (χ3v) is 9.66. The van der Waals surface area contributed by atoms with E-state index in [4.69, 9.17) is 0 Å². The predicted octanol–water partition coefficient (Wildman–Crippen LogP) is 5.34. The average molecular weight is 482 g/mol. The lowest BCUT2D eigenvalue weighted by Crippen LogP contribution is -2.50. The van der Waals surface area contributed by atoms with Crippen molar-refractivity contribution in [2.45, 2.75) is 42.0 Å². The number of thioether (sulfide) groups is 1. The van der Waals surface area contributed by atoms with Gasteiger partial charge in [-0.1, -0.05) is 15.9 Å². The second-order valence-electron chi connectivity index (χ2n) is 7.97. The molecular weight excluding hydrogens is 461 g/mol. The molecule has 0 N–H and O–H groups in total. The number of rotatable bonds is 3. The molecule has 1 unspecified atom stereocenters. The molecule has 7 heteroatoms. The maximum atomic E-state index is 13.7. The quantitative estimate of drug-likeness (QED) is 0.593. The molecule has 148 valence electrons. The third-order valence-electron chi connectivity index (χ3n) is 6.38. The Labute approximate surface area is 177 Å². The zero-order chi connectivity index (χ0) is 19.5. The summed E-state index contributed by atoms with van der Waals surface area (Å²) in [4.78, 5) is 0.163. The molecule has 2 aliphatic heterocycles. The normalized spacial score (nSPS) is 23.8. The molecule has 0 aromatic heterocycles. The number of benzene rings is 2. The number of hydrogen-bond acceptors (Lipinski definition) is 3. The fraction of sp³-hybridized carbons (Fsp3) is 0.429. The molecule has 2 aromatic carbocycles. The fourth-order valence-corrected chi connectivity index (χ4v) is 8.37. The van der Waals surface area contributed by atoms with Gasteiger partial charge in [0.05, 0.1) is 16.6 Å². The Morgan fingerprint density at radius 1 is 1.07 bits per heavy atom. The van der Waals surface area contributed by atoms with E-state index in [0.717, 1.165) is 52.9 Å². The third kappa shape index (κ3) is 2.84. The second-order valence-corrected chi connectivity index (χ2v) is 11.9. The fourth-order valence-electron chi connectivity index (χ4n) is 4.99. The summed E-state index contributed by atoms with van der Waals surface area (Å²) in [5.41, 5.74) is 1.83. The van der Waals surface area contributed by atoms with Crippen molar-refractivity contribution >= 4 is 43.4 Å². The van der Waals surface area contributed by atoms with Crippen LogP contribution in [0.2, 0.25) is 0 Å². The van der Waals surface area contributed by atoms with Crippen molar-refractivity contribution in [3.63, 3.8) is 0 Å².